The van der Waals surface area contributed by atoms with Crippen molar-refractivity contribution in [2.45, 2.75) is 39.7 Å². The maximum atomic E-state index is 12.6. The van der Waals surface area contributed by atoms with E-state index in [-0.39, 0.29) is 24.3 Å². The van der Waals surface area contributed by atoms with Crippen LogP contribution in [0.25, 0.3) is 0 Å². The zero-order valence-electron chi connectivity index (χ0n) is 15.2. The first kappa shape index (κ1) is 17.8. The molecule has 6 heteroatoms. The van der Waals surface area contributed by atoms with Crippen LogP contribution in [0.15, 0.2) is 47.7 Å². The van der Waals surface area contributed by atoms with Gasteiger partial charge in [0.2, 0.25) is 5.91 Å². The van der Waals surface area contributed by atoms with Crippen LogP contribution in [0.4, 0.5) is 5.69 Å². The highest BCUT2D eigenvalue weighted by molar-refractivity contribution is 6.40. The molecule has 0 spiro atoms. The van der Waals surface area contributed by atoms with Crippen LogP contribution in [0, 0.1) is 13.8 Å². The Bertz CT molecular complexity index is 861. The van der Waals surface area contributed by atoms with Crippen LogP contribution in [0.2, 0.25) is 0 Å². The number of benzene rings is 1. The van der Waals surface area contributed by atoms with Crippen LogP contribution >= 0.6 is 0 Å². The second-order valence-electron chi connectivity index (χ2n) is 6.49. The summed E-state index contributed by atoms with van der Waals surface area (Å²) in [5.41, 5.74) is 3.83. The lowest BCUT2D eigenvalue weighted by molar-refractivity contribution is -0.119. The van der Waals surface area contributed by atoms with Crippen molar-refractivity contribution in [3.8, 4) is 0 Å². The topological polar surface area (TPSA) is 74.7 Å². The smallest absolute Gasteiger partial charge is 0.268 e. The third kappa shape index (κ3) is 3.79. The maximum Gasteiger partial charge on any atom is 0.268 e. The van der Waals surface area contributed by atoms with Crippen LogP contribution in [0.5, 0.6) is 0 Å². The SMILES string of the molecule is Cc1ccc(C)c(N2N=C(C(=O)NC(C)c3ccccn3)CCC2=O)c1. The Morgan fingerprint density at radius 1 is 1.19 bits per heavy atom. The lowest BCUT2D eigenvalue weighted by Gasteiger charge is -2.25. The van der Waals surface area contributed by atoms with E-state index >= 15 is 0 Å². The third-order valence-corrected chi connectivity index (χ3v) is 4.37. The summed E-state index contributed by atoms with van der Waals surface area (Å²) in [5, 5.41) is 8.61. The average Bonchev–Trinajstić information content (AvgIpc) is 2.65. The molecule has 1 aliphatic heterocycles. The lowest BCUT2D eigenvalue weighted by Crippen LogP contribution is -2.40. The predicted molar refractivity (Wildman–Crippen MR) is 101 cm³/mol. The number of carbonyl (C=O) groups is 2. The number of hydrogen-bond donors (Lipinski definition) is 1. The molecule has 0 saturated carbocycles. The quantitative estimate of drug-likeness (QED) is 0.921. The largest absolute Gasteiger partial charge is 0.343 e. The van der Waals surface area contributed by atoms with Gasteiger partial charge in [-0.05, 0) is 50.1 Å². The Labute approximate surface area is 152 Å². The van der Waals surface area contributed by atoms with Crippen molar-refractivity contribution in [2.24, 2.45) is 5.10 Å². The van der Waals surface area contributed by atoms with Crippen molar-refractivity contribution < 1.29 is 9.59 Å². The minimum Gasteiger partial charge on any atom is -0.343 e. The minimum absolute atomic E-state index is 0.104. The van der Waals surface area contributed by atoms with Gasteiger partial charge in [-0.3, -0.25) is 14.6 Å². The zero-order chi connectivity index (χ0) is 18.7. The lowest BCUT2D eigenvalue weighted by atomic mass is 10.1. The summed E-state index contributed by atoms with van der Waals surface area (Å²) < 4.78 is 0. The van der Waals surface area contributed by atoms with Gasteiger partial charge in [-0.15, -0.1) is 0 Å². The second-order valence-corrected chi connectivity index (χ2v) is 6.49. The summed E-state index contributed by atoms with van der Waals surface area (Å²) >= 11 is 0. The number of pyridine rings is 1. The zero-order valence-corrected chi connectivity index (χ0v) is 15.2. The molecule has 6 nitrogen and oxygen atoms in total. The molecule has 1 aliphatic rings. The van der Waals surface area contributed by atoms with Gasteiger partial charge in [0.1, 0.15) is 5.71 Å². The van der Waals surface area contributed by atoms with Crippen molar-refractivity contribution >= 4 is 23.2 Å². The first-order chi connectivity index (χ1) is 12.5. The van der Waals surface area contributed by atoms with E-state index in [0.717, 1.165) is 22.5 Å². The summed E-state index contributed by atoms with van der Waals surface area (Å²) in [7, 11) is 0. The molecule has 26 heavy (non-hydrogen) atoms. The highest BCUT2D eigenvalue weighted by atomic mass is 16.2. The van der Waals surface area contributed by atoms with Crippen LogP contribution in [-0.2, 0) is 9.59 Å². The summed E-state index contributed by atoms with van der Waals surface area (Å²) in [6.07, 6.45) is 2.29. The molecule has 1 aromatic heterocycles. The number of aromatic nitrogens is 1. The van der Waals surface area contributed by atoms with Crippen LogP contribution in [0.3, 0.4) is 0 Å². The van der Waals surface area contributed by atoms with Crippen molar-refractivity contribution in [3.05, 3.63) is 59.4 Å². The number of nitrogens with one attached hydrogen (secondary N) is 1. The van der Waals surface area contributed by atoms with Crippen LogP contribution < -0.4 is 10.3 Å². The van der Waals surface area contributed by atoms with Gasteiger partial charge in [-0.2, -0.15) is 5.10 Å². The summed E-state index contributed by atoms with van der Waals surface area (Å²) in [6.45, 7) is 5.76. The van der Waals surface area contributed by atoms with E-state index in [2.05, 4.69) is 15.4 Å². The number of amides is 2. The normalized spacial score (nSPS) is 15.4. The molecular weight excluding hydrogens is 328 g/mol. The maximum absolute atomic E-state index is 12.6. The molecule has 2 heterocycles. The van der Waals surface area contributed by atoms with Gasteiger partial charge >= 0.3 is 0 Å². The molecule has 0 saturated heterocycles. The monoisotopic (exact) mass is 350 g/mol. The summed E-state index contributed by atoms with van der Waals surface area (Å²) in [6, 6.07) is 11.2. The van der Waals surface area contributed by atoms with Crippen molar-refractivity contribution in [3.63, 3.8) is 0 Å². The number of rotatable bonds is 4. The van der Waals surface area contributed by atoms with Gasteiger partial charge in [0, 0.05) is 19.0 Å². The number of carbonyl (C=O) groups excluding carboxylic acids is 2. The van der Waals surface area contributed by atoms with Crippen LogP contribution in [-0.4, -0.2) is 22.5 Å². The molecule has 1 atom stereocenters. The van der Waals surface area contributed by atoms with Gasteiger partial charge in [0.05, 0.1) is 17.4 Å². The molecule has 0 aliphatic carbocycles. The van der Waals surface area contributed by atoms with Crippen LogP contribution in [0.1, 0.15) is 42.6 Å². The molecule has 0 bridgehead atoms. The summed E-state index contributed by atoms with van der Waals surface area (Å²) in [5.74, 6) is -0.376. The Morgan fingerprint density at radius 2 is 2.00 bits per heavy atom. The van der Waals surface area contributed by atoms with E-state index in [1.807, 2.05) is 57.2 Å². The van der Waals surface area contributed by atoms with Gasteiger partial charge in [0.25, 0.3) is 5.91 Å². The van der Waals surface area contributed by atoms with E-state index in [1.54, 1.807) is 6.20 Å². The fourth-order valence-electron chi connectivity index (χ4n) is 2.84. The number of anilines is 1. The number of nitrogens with zero attached hydrogens (tertiary/aromatic N) is 3. The Hall–Kier alpha value is -3.02. The molecule has 1 unspecified atom stereocenters. The molecule has 1 N–H and O–H groups in total. The van der Waals surface area contributed by atoms with E-state index in [1.165, 1.54) is 5.01 Å². The Morgan fingerprint density at radius 3 is 2.73 bits per heavy atom. The van der Waals surface area contributed by atoms with E-state index in [9.17, 15) is 9.59 Å². The standard InChI is InChI=1S/C20H22N4O2/c1-13-7-8-14(2)18(12-13)24-19(25)10-9-17(23-24)20(26)22-15(3)16-6-4-5-11-21-16/h4-8,11-12,15H,9-10H2,1-3H3,(H,22,26). The summed E-state index contributed by atoms with van der Waals surface area (Å²) in [4.78, 5) is 29.2. The second kappa shape index (κ2) is 7.47. The predicted octanol–water partition coefficient (Wildman–Crippen LogP) is 3.06. The minimum atomic E-state index is -0.272. The molecule has 134 valence electrons. The number of hydrazone groups is 1. The molecule has 0 fully saturated rings. The Balaban J connectivity index is 1.82. The molecular formula is C20H22N4O2. The first-order valence-electron chi connectivity index (χ1n) is 8.65. The highest BCUT2D eigenvalue weighted by Gasteiger charge is 2.27. The van der Waals surface area contributed by atoms with Gasteiger partial charge in [-0.25, -0.2) is 5.01 Å². The fraction of sp³-hybridized carbons (Fsp3) is 0.300. The van der Waals surface area contributed by atoms with Gasteiger partial charge in [-0.1, -0.05) is 18.2 Å². The van der Waals surface area contributed by atoms with Gasteiger partial charge in [0.15, 0.2) is 0 Å². The van der Waals surface area contributed by atoms with Crippen molar-refractivity contribution in [1.82, 2.24) is 10.3 Å². The highest BCUT2D eigenvalue weighted by Crippen LogP contribution is 2.25. The van der Waals surface area contributed by atoms with Gasteiger partial charge < -0.3 is 5.32 Å². The van der Waals surface area contributed by atoms with E-state index < -0.39 is 0 Å². The molecule has 3 rings (SSSR count). The molecule has 0 radical (unpaired) electrons. The Kier molecular flexibility index (Phi) is 5.11. The van der Waals surface area contributed by atoms with Crippen molar-refractivity contribution in [2.75, 3.05) is 5.01 Å². The number of aryl methyl sites for hydroxylation is 2. The first-order valence-corrected chi connectivity index (χ1v) is 8.65. The molecule has 1 aromatic carbocycles. The van der Waals surface area contributed by atoms with E-state index in [0.29, 0.717) is 12.1 Å². The number of hydrogen-bond acceptors (Lipinski definition) is 4. The third-order valence-electron chi connectivity index (χ3n) is 4.37. The average molecular weight is 350 g/mol. The van der Waals surface area contributed by atoms with E-state index in [4.69, 9.17) is 0 Å². The molecule has 2 aromatic rings. The fourth-order valence-corrected chi connectivity index (χ4v) is 2.84. The van der Waals surface area contributed by atoms with Crippen molar-refractivity contribution in [1.29, 1.82) is 0 Å². The molecule has 2 amide bonds.